The van der Waals surface area contributed by atoms with Gasteiger partial charge >= 0.3 is 0 Å². The van der Waals surface area contributed by atoms with Crippen LogP contribution < -0.4 is 0 Å². The van der Waals surface area contributed by atoms with Crippen molar-refractivity contribution >= 4 is 119 Å². The van der Waals surface area contributed by atoms with Gasteiger partial charge < -0.3 is 8.83 Å². The van der Waals surface area contributed by atoms with Gasteiger partial charge in [0, 0.05) is 32.3 Å². The minimum Gasteiger partial charge on any atom is -0.455 e. The maximum Gasteiger partial charge on any atom is 0.143 e. The van der Waals surface area contributed by atoms with Crippen LogP contribution in [-0.4, -0.2) is 0 Å². The number of hydrogen-bond donors (Lipinski definition) is 0. The summed E-state index contributed by atoms with van der Waals surface area (Å²) in [6, 6.07) is -54.5. The third kappa shape index (κ3) is 9.10. The van der Waals surface area contributed by atoms with Crippen LogP contribution in [0.3, 0.4) is 0 Å². The van der Waals surface area contributed by atoms with E-state index in [1.54, 1.807) is 0 Å². The van der Waals surface area contributed by atoms with E-state index < -0.39 is 542 Å². The van der Waals surface area contributed by atoms with Crippen LogP contribution in [0.2, 0.25) is 0 Å². The molecule has 20 aromatic rings. The predicted molar refractivity (Wildman–Crippen MR) is 408 cm³/mol. The molecule has 0 aliphatic rings. The Hall–Kier alpha value is -12.6. The fraction of sp³-hybridized carbons (Fsp3) is 0. The highest BCUT2D eigenvalue weighted by Crippen LogP contribution is 2.49. The van der Waals surface area contributed by atoms with Gasteiger partial charge in [0.25, 0.3) is 0 Å². The van der Waals surface area contributed by atoms with E-state index in [4.69, 9.17) is 58.2 Å². The molecule has 0 saturated carbocycles. The molecule has 2 heterocycles. The Kier molecular flexibility index (Phi) is 5.24. The average Bonchev–Trinajstić information content (AvgIpc) is 1.37. The standard InChI is InChI=1S/C48H30O.C46H28O/c1-2-12-32(13-3-1)36-15-6-7-17-38(36)47-41-20-10-8-18-39(41)46(40-19-9-11-21-42(40)47)34-24-22-31(23-25-34)35-27-29-45-44(30-35)43-28-26-33-14-4-5-16-37(33)48(43)49-45;1-2-11-33-27-35(22-19-29(33)9-1)45-39-15-7-5-13-37(39)44(38-14-6-8-16-40(38)45)32-20-17-30(18-21-32)34-24-26-43-42(28-34)41-25-23-31-10-3-4-12-36(31)46(41)47-43/h1-30H;1-28H/i1D,2D,3D,4D,5D,6D,7D,8D,9D,10D,11D,12D,13D,14D,15D,16D,17D,18D,19D,20D,21D,22D,23D,24D,25D,26D,27D,28D,29D,30D;1D,2D,3D,4D,5D,6D,7D,8D,9D,10D,11D,12D,13D,14D,15D,16D,17D,18D,19D,20D,21D,22D,23D,24D,25D,26D,27D,28D. The van der Waals surface area contributed by atoms with Crippen LogP contribution in [0.5, 0.6) is 0 Å². The lowest BCUT2D eigenvalue weighted by atomic mass is 9.83. The molecule has 2 heteroatoms. The van der Waals surface area contributed by atoms with Crippen LogP contribution in [0.4, 0.5) is 0 Å². The lowest BCUT2D eigenvalue weighted by molar-refractivity contribution is 0.672. The highest BCUT2D eigenvalue weighted by molar-refractivity contribution is 6.24. The molecule has 96 heavy (non-hydrogen) atoms. The third-order valence-electron chi connectivity index (χ3n) is 15.6. The minimum absolute atomic E-state index is 0.387. The van der Waals surface area contributed by atoms with Gasteiger partial charge in [-0.1, -0.05) is 308 Å². The molecule has 0 atom stereocenters. The van der Waals surface area contributed by atoms with Gasteiger partial charge in [0.2, 0.25) is 0 Å². The van der Waals surface area contributed by atoms with Crippen molar-refractivity contribution in [3.05, 3.63) is 350 Å². The Bertz CT molecular complexity index is 9930. The van der Waals surface area contributed by atoms with Crippen LogP contribution in [0.1, 0.15) is 79.5 Å². The minimum atomic E-state index is -1.15. The molecule has 0 fully saturated rings. The van der Waals surface area contributed by atoms with E-state index in [2.05, 4.69) is 0 Å². The lowest BCUT2D eigenvalue weighted by Crippen LogP contribution is -1.92. The summed E-state index contributed by atoms with van der Waals surface area (Å²) >= 11 is 0. The van der Waals surface area contributed by atoms with Crippen molar-refractivity contribution in [1.29, 1.82) is 0 Å². The molecule has 2 aromatic heterocycles. The van der Waals surface area contributed by atoms with Crippen molar-refractivity contribution in [2.24, 2.45) is 0 Å². The molecule has 0 radical (unpaired) electrons. The molecule has 0 bridgehead atoms. The second-order valence-electron chi connectivity index (χ2n) is 20.8. The summed E-state index contributed by atoms with van der Waals surface area (Å²) in [6.07, 6.45) is 0. The molecular formula is C94H58O2. The van der Waals surface area contributed by atoms with E-state index in [0.717, 1.165) is 0 Å². The molecule has 0 spiro atoms. The summed E-state index contributed by atoms with van der Waals surface area (Å²) in [6.45, 7) is 0. The van der Waals surface area contributed by atoms with Gasteiger partial charge in [-0.2, -0.15) is 0 Å². The summed E-state index contributed by atoms with van der Waals surface area (Å²) in [7, 11) is 0. The molecule has 446 valence electrons. The largest absolute Gasteiger partial charge is 0.455 e. The molecule has 0 amide bonds. The lowest BCUT2D eigenvalue weighted by Gasteiger charge is -2.19. The number of rotatable bonds is 7. The first-order chi connectivity index (χ1) is 71.8. The fourth-order valence-corrected chi connectivity index (χ4v) is 11.4. The second-order valence-corrected chi connectivity index (χ2v) is 20.8. The molecule has 0 N–H and O–H groups in total. The average molecular weight is 1280 g/mol. The van der Waals surface area contributed by atoms with Gasteiger partial charge in [-0.3, -0.25) is 0 Å². The quantitative estimate of drug-likeness (QED) is 0.149. The van der Waals surface area contributed by atoms with Gasteiger partial charge in [-0.05, 0) is 185 Å². The first kappa shape index (κ1) is 22.3. The Morgan fingerprint density at radius 3 is 0.948 bits per heavy atom. The summed E-state index contributed by atoms with van der Waals surface area (Å²) < 4.78 is 533. The van der Waals surface area contributed by atoms with Gasteiger partial charge in [0.1, 0.15) is 22.3 Å². The first-order valence-corrected chi connectivity index (χ1v) is 28.3. The molecule has 0 aliphatic heterocycles. The maximum absolute atomic E-state index is 9.64. The summed E-state index contributed by atoms with van der Waals surface area (Å²) in [4.78, 5) is 0. The predicted octanol–water partition coefficient (Wildman–Crippen LogP) is 26.9. The SMILES string of the molecule is [2H]c1c([2H])c(-c2c3c([2H])c([2H])c([2H])c([2H])c3c(-c3c([2H])c([2H])c4c([2H])c([2H])c([2H])c([2H])c4c3[2H])c3c([2H])c([2H])c([2H])c([2H])c23)c([2H])c([2H])c1-c1c([2H])c([2H])c2oc3c4c([2H])c([2H])c([2H])c([2H])c4c([2H])c([2H])c3c2c1[2H].[2H]c1c([2H])c([2H])c(-c2c([2H])c([2H])c([2H])c([2H])c2-c2c3c([2H])c([2H])c([2H])c([2H])c3c(-c3c([2H])c([2H])c(-c4c([2H])c([2H])c5oc6c7c([2H])c([2H])c([2H])c([2H])c7c([2H])c([2H])c6c5c4[2H])c([2H])c3[2H])c3c([2H])c([2H])c([2H])c([2H])c23)c([2H])c1[2H]. The molecule has 0 aliphatic carbocycles. The Balaban J connectivity index is 0.000000192. The normalized spacial score (nSPS) is 20.2. The van der Waals surface area contributed by atoms with Crippen LogP contribution in [-0.2, 0) is 0 Å². The number of furan rings is 2. The van der Waals surface area contributed by atoms with Crippen LogP contribution in [0.15, 0.2) is 359 Å². The summed E-state index contributed by atoms with van der Waals surface area (Å²) in [5.74, 6) is 0. The Labute approximate surface area is 635 Å². The van der Waals surface area contributed by atoms with Crippen LogP contribution in [0, 0.1) is 0 Å². The van der Waals surface area contributed by atoms with Crippen molar-refractivity contribution in [2.45, 2.75) is 0 Å². The maximum atomic E-state index is 9.64. The zero-order valence-electron chi connectivity index (χ0n) is 106. The number of hydrogen-bond acceptors (Lipinski definition) is 2. The van der Waals surface area contributed by atoms with Crippen molar-refractivity contribution in [2.75, 3.05) is 0 Å². The van der Waals surface area contributed by atoms with Crippen molar-refractivity contribution in [3.63, 3.8) is 0 Å². The van der Waals surface area contributed by atoms with E-state index >= 15 is 0 Å². The zero-order valence-corrected chi connectivity index (χ0v) is 47.8. The van der Waals surface area contributed by atoms with E-state index in [1.165, 1.54) is 0 Å². The monoisotopic (exact) mass is 1280 g/mol. The van der Waals surface area contributed by atoms with E-state index in [1.807, 2.05) is 0 Å². The fourth-order valence-electron chi connectivity index (χ4n) is 11.4. The topological polar surface area (TPSA) is 26.3 Å². The van der Waals surface area contributed by atoms with Gasteiger partial charge in [-0.25, -0.2) is 0 Å². The van der Waals surface area contributed by atoms with Crippen molar-refractivity contribution in [1.82, 2.24) is 0 Å². The Morgan fingerprint density at radius 1 is 0.167 bits per heavy atom. The van der Waals surface area contributed by atoms with Gasteiger partial charge in [0.15, 0.2) is 0 Å². The van der Waals surface area contributed by atoms with Crippen LogP contribution in [0.25, 0.3) is 197 Å². The summed E-state index contributed by atoms with van der Waals surface area (Å²) in [5.41, 5.74) is -13.6. The number of fused-ring (bicyclic) bond motifs is 15. The summed E-state index contributed by atoms with van der Waals surface area (Å²) in [5, 5.41) is -10.9. The Morgan fingerprint density at radius 2 is 0.490 bits per heavy atom. The smallest absolute Gasteiger partial charge is 0.143 e. The van der Waals surface area contributed by atoms with E-state index in [-0.39, 0.29) is 5.39 Å². The van der Waals surface area contributed by atoms with E-state index in [9.17, 15) is 30.2 Å². The van der Waals surface area contributed by atoms with Crippen molar-refractivity contribution in [3.8, 4) is 77.9 Å². The van der Waals surface area contributed by atoms with Crippen molar-refractivity contribution < 1.29 is 88.3 Å². The zero-order chi connectivity index (χ0) is 114. The van der Waals surface area contributed by atoms with Gasteiger partial charge in [0.05, 0.1) is 79.5 Å². The molecule has 20 rings (SSSR count). The second kappa shape index (κ2) is 22.6. The molecule has 2 nitrogen and oxygen atoms in total. The van der Waals surface area contributed by atoms with Gasteiger partial charge in [-0.15, -0.1) is 0 Å². The molecular weight excluding hydrogens is 1160 g/mol. The first-order valence-electron chi connectivity index (χ1n) is 57.3. The highest BCUT2D eigenvalue weighted by atomic mass is 16.3. The molecule has 18 aromatic carbocycles. The molecule has 0 unspecified atom stereocenters. The number of benzene rings is 18. The van der Waals surface area contributed by atoms with E-state index in [0.29, 0.717) is 0 Å². The third-order valence-corrected chi connectivity index (χ3v) is 15.6. The molecule has 0 saturated heterocycles. The highest BCUT2D eigenvalue weighted by Gasteiger charge is 2.22. The van der Waals surface area contributed by atoms with Crippen LogP contribution >= 0.6 is 0 Å².